The Hall–Kier alpha value is -2.82. The van der Waals surface area contributed by atoms with Crippen LogP contribution in [0.5, 0.6) is 11.9 Å². The summed E-state index contributed by atoms with van der Waals surface area (Å²) < 4.78 is 97.0. The van der Waals surface area contributed by atoms with Crippen molar-refractivity contribution in [3.63, 3.8) is 0 Å². The van der Waals surface area contributed by atoms with Crippen molar-refractivity contribution < 1.29 is 34.1 Å². The molecular weight excluding hydrogens is 609 g/mol. The van der Waals surface area contributed by atoms with E-state index in [1.807, 2.05) is 11.8 Å². The molecule has 5 rings (SSSR count). The van der Waals surface area contributed by atoms with Crippen LogP contribution in [0.3, 0.4) is 0 Å². The maximum atomic E-state index is 15.9. The number of benzene rings is 1. The summed E-state index contributed by atoms with van der Waals surface area (Å²) in [7, 11) is 0. The maximum absolute atomic E-state index is 15.9. The van der Waals surface area contributed by atoms with Crippen LogP contribution in [0, 0.1) is 17.5 Å². The van der Waals surface area contributed by atoms with Crippen molar-refractivity contribution in [3.05, 3.63) is 29.1 Å². The van der Waals surface area contributed by atoms with Crippen molar-refractivity contribution in [2.75, 3.05) is 23.7 Å². The van der Waals surface area contributed by atoms with Crippen molar-refractivity contribution in [1.82, 2.24) is 20.3 Å². The van der Waals surface area contributed by atoms with Gasteiger partial charge in [0.15, 0.2) is 40.5 Å². The molecule has 3 atom stereocenters. The number of hydrogen-bond donors (Lipinski definition) is 2. The van der Waals surface area contributed by atoms with Gasteiger partial charge in [-0.3, -0.25) is 0 Å². The van der Waals surface area contributed by atoms with Gasteiger partial charge < -0.3 is 23.8 Å². The van der Waals surface area contributed by atoms with E-state index >= 15 is 4.39 Å². The summed E-state index contributed by atoms with van der Waals surface area (Å²) >= 11 is 1.49. The molecule has 0 radical (unpaired) electrons. The first kappa shape index (κ1) is 24.9. The lowest BCUT2D eigenvalue weighted by molar-refractivity contribution is -0.139. The van der Waals surface area contributed by atoms with E-state index in [0.29, 0.717) is 19.2 Å². The molecule has 36 heavy (non-hydrogen) atoms. The minimum absolute atomic E-state index is 0.0148. The molecule has 8 nitrogen and oxygen atoms in total. The number of pyridine rings is 1. The van der Waals surface area contributed by atoms with E-state index in [2.05, 4.69) is 20.3 Å². The second kappa shape index (κ2) is 8.64. The lowest BCUT2D eigenvalue weighted by Gasteiger charge is -2.42. The highest BCUT2D eigenvalue weighted by Crippen LogP contribution is 2.46. The molecule has 1 fully saturated rings. The van der Waals surface area contributed by atoms with E-state index in [1.54, 1.807) is 6.92 Å². The average molecular weight is 626 g/mol. The number of nitrogens with one attached hydrogen (secondary N) is 1. The van der Waals surface area contributed by atoms with Crippen molar-refractivity contribution in [1.29, 1.82) is 0 Å². The van der Waals surface area contributed by atoms with E-state index in [0.717, 1.165) is 0 Å². The Labute approximate surface area is 213 Å². The quantitative estimate of drug-likeness (QED) is 0.246. The zero-order chi connectivity index (χ0) is 26.1. The van der Waals surface area contributed by atoms with E-state index in [-0.39, 0.29) is 35.2 Å². The molecule has 0 amide bonds. The molecule has 2 aromatic heterocycles. The fraction of sp³-hybridized carbons (Fsp3) is 0.381. The van der Waals surface area contributed by atoms with Gasteiger partial charge in [-0.2, -0.15) is 23.1 Å². The second-order valence-electron chi connectivity index (χ2n) is 8.47. The summed E-state index contributed by atoms with van der Waals surface area (Å²) in [6.07, 6.45) is -5.98. The summed E-state index contributed by atoms with van der Waals surface area (Å²) in [6, 6.07) is -0.202. The lowest BCUT2D eigenvalue weighted by atomic mass is 9.99. The van der Waals surface area contributed by atoms with Gasteiger partial charge in [-0.25, -0.2) is 18.2 Å². The normalized spacial score (nSPS) is 21.7. The van der Waals surface area contributed by atoms with Crippen LogP contribution in [0.1, 0.15) is 19.4 Å². The molecule has 15 heteroatoms. The number of hydrogen-bond acceptors (Lipinski definition) is 8. The van der Waals surface area contributed by atoms with Crippen molar-refractivity contribution in [2.45, 2.75) is 38.2 Å². The number of nitrogen functional groups attached to an aromatic ring is 1. The molecule has 2 aliphatic heterocycles. The first-order chi connectivity index (χ1) is 16.9. The highest BCUT2D eigenvalue weighted by atomic mass is 127. The number of anilines is 2. The van der Waals surface area contributed by atoms with Gasteiger partial charge >= 0.3 is 12.2 Å². The molecule has 0 aliphatic carbocycles. The fourth-order valence-electron chi connectivity index (χ4n) is 4.82. The largest absolute Gasteiger partial charge is 0.472 e. The molecule has 0 saturated carbocycles. The first-order valence-electron chi connectivity index (χ1n) is 10.7. The van der Waals surface area contributed by atoms with Crippen LogP contribution in [0.25, 0.3) is 22.2 Å². The van der Waals surface area contributed by atoms with E-state index < -0.39 is 57.8 Å². The summed E-state index contributed by atoms with van der Waals surface area (Å²) in [5, 5.41) is 3.32. The predicted octanol–water partition coefficient (Wildman–Crippen LogP) is 4.39. The first-order valence-corrected chi connectivity index (χ1v) is 11.5. The molecule has 0 spiro atoms. The zero-order valence-corrected chi connectivity index (χ0v) is 20.7. The molecule has 1 saturated heterocycles. The minimum atomic E-state index is -5.39. The van der Waals surface area contributed by atoms with Gasteiger partial charge in [-0.05, 0) is 19.9 Å². The summed E-state index contributed by atoms with van der Waals surface area (Å²) in [5.41, 5.74) is -0.114. The lowest BCUT2D eigenvalue weighted by Crippen LogP contribution is -2.61. The number of rotatable bonds is 2. The van der Waals surface area contributed by atoms with Gasteiger partial charge in [0.1, 0.15) is 34.1 Å². The van der Waals surface area contributed by atoms with Gasteiger partial charge in [0, 0.05) is 24.7 Å². The SMILES string of the molecule is CC1NCCN2c3nc(OI)nc4c(F)c(-c5cc(N)c(F)c(F)c5C(F)(F)F)nc(c34)O[C@@H](C)[C@H]12. The standard InChI is InChI=1S/C21H17F6IN6O2/c1-6-17-7(2)35-19-10-16(32-20(36-28)33-18(10)34(17)4-3-30-6)14(24)15(31-19)8-5-9(29)12(22)13(23)11(8)21(25,26)27/h5-7,17,30H,3-4,29H2,1-2H3/t6?,7-,17-/m0/s1. The van der Waals surface area contributed by atoms with Crippen LogP contribution in [-0.2, 0) is 6.18 Å². The number of nitrogens with zero attached hydrogens (tertiary/aromatic N) is 4. The Morgan fingerprint density at radius 3 is 2.53 bits per heavy atom. The number of fused-ring (bicyclic) bond motifs is 2. The third-order valence-electron chi connectivity index (χ3n) is 6.30. The van der Waals surface area contributed by atoms with Crippen LogP contribution in [0.2, 0.25) is 0 Å². The van der Waals surface area contributed by atoms with Crippen LogP contribution in [0.15, 0.2) is 6.07 Å². The molecule has 192 valence electrons. The molecular formula is C21H17F6IN6O2. The van der Waals surface area contributed by atoms with E-state index in [1.165, 1.54) is 23.0 Å². The molecule has 3 N–H and O–H groups in total. The van der Waals surface area contributed by atoms with Gasteiger partial charge in [0.2, 0.25) is 5.88 Å². The monoisotopic (exact) mass is 626 g/mol. The van der Waals surface area contributed by atoms with Crippen molar-refractivity contribution >= 4 is 45.4 Å². The average Bonchev–Trinajstić information content (AvgIpc) is 2.93. The topological polar surface area (TPSA) is 98.4 Å². The van der Waals surface area contributed by atoms with Gasteiger partial charge in [0.05, 0.1) is 11.7 Å². The molecule has 4 heterocycles. The summed E-state index contributed by atoms with van der Waals surface area (Å²) in [6.45, 7) is 4.67. The second-order valence-corrected chi connectivity index (χ2v) is 8.91. The van der Waals surface area contributed by atoms with Crippen LogP contribution in [-0.4, -0.2) is 46.2 Å². The Morgan fingerprint density at radius 2 is 1.86 bits per heavy atom. The Balaban J connectivity index is 1.87. The summed E-state index contributed by atoms with van der Waals surface area (Å²) in [5.74, 6) is -5.54. The fourth-order valence-corrected chi connectivity index (χ4v) is 5.02. The van der Waals surface area contributed by atoms with Crippen molar-refractivity contribution in [3.8, 4) is 23.1 Å². The highest BCUT2D eigenvalue weighted by molar-refractivity contribution is 14.1. The Kier molecular flexibility index (Phi) is 5.96. The van der Waals surface area contributed by atoms with Crippen LogP contribution < -0.4 is 23.8 Å². The molecule has 2 aliphatic rings. The van der Waals surface area contributed by atoms with E-state index in [9.17, 15) is 22.0 Å². The summed E-state index contributed by atoms with van der Waals surface area (Å²) in [4.78, 5) is 14.3. The number of nitrogens with two attached hydrogens (primary N) is 1. The Morgan fingerprint density at radius 1 is 1.14 bits per heavy atom. The molecule has 0 bridgehead atoms. The predicted molar refractivity (Wildman–Crippen MR) is 125 cm³/mol. The minimum Gasteiger partial charge on any atom is -0.472 e. The Bertz CT molecular complexity index is 1390. The van der Waals surface area contributed by atoms with Gasteiger partial charge in [-0.15, -0.1) is 0 Å². The third-order valence-corrected chi connectivity index (χ3v) is 6.69. The molecule has 3 aromatic rings. The van der Waals surface area contributed by atoms with Gasteiger partial charge in [-0.1, -0.05) is 0 Å². The number of ether oxygens (including phenoxy) is 1. The zero-order valence-electron chi connectivity index (χ0n) is 18.6. The van der Waals surface area contributed by atoms with E-state index in [4.69, 9.17) is 13.5 Å². The van der Waals surface area contributed by atoms with Crippen LogP contribution in [0.4, 0.5) is 37.8 Å². The number of alkyl halides is 3. The van der Waals surface area contributed by atoms with Gasteiger partial charge in [0.25, 0.3) is 0 Å². The third kappa shape index (κ3) is 3.74. The smallest absolute Gasteiger partial charge is 0.419 e. The number of piperazine rings is 1. The maximum Gasteiger partial charge on any atom is 0.419 e. The highest BCUT2D eigenvalue weighted by Gasteiger charge is 2.43. The molecule has 1 unspecified atom stereocenters. The van der Waals surface area contributed by atoms with Crippen molar-refractivity contribution in [2.24, 2.45) is 0 Å². The van der Waals surface area contributed by atoms with Crippen LogP contribution >= 0.6 is 23.0 Å². The number of aromatic nitrogens is 3. The molecule has 1 aromatic carbocycles. The number of halogens is 7.